The number of nitrogens with zero attached hydrogens (tertiary/aromatic N) is 2. The molecule has 0 radical (unpaired) electrons. The van der Waals surface area contributed by atoms with Crippen LogP contribution in [0.1, 0.15) is 27.9 Å². The Kier molecular flexibility index (Phi) is 4.45. The number of benzene rings is 2. The second-order valence-electron chi connectivity index (χ2n) is 6.88. The summed E-state index contributed by atoms with van der Waals surface area (Å²) in [6.45, 7) is 3.70. The molecule has 0 bridgehead atoms. The van der Waals surface area contributed by atoms with Crippen molar-refractivity contribution in [1.29, 1.82) is 0 Å². The van der Waals surface area contributed by atoms with Crippen LogP contribution in [0.15, 0.2) is 48.5 Å². The molecule has 2 aromatic carbocycles. The van der Waals surface area contributed by atoms with E-state index in [1.54, 1.807) is 7.11 Å². The topological polar surface area (TPSA) is 32.8 Å². The van der Waals surface area contributed by atoms with E-state index in [2.05, 4.69) is 29.2 Å². The van der Waals surface area contributed by atoms with Crippen molar-refractivity contribution in [3.8, 4) is 5.75 Å². The molecule has 1 amide bonds. The molecule has 2 aliphatic heterocycles. The highest BCUT2D eigenvalue weighted by atomic mass is 16.5. The van der Waals surface area contributed by atoms with Gasteiger partial charge in [-0.05, 0) is 36.1 Å². The number of hydrogen-bond acceptors (Lipinski definition) is 3. The molecule has 0 aliphatic carbocycles. The van der Waals surface area contributed by atoms with Crippen LogP contribution >= 0.6 is 0 Å². The molecule has 2 aromatic rings. The molecule has 130 valence electrons. The van der Waals surface area contributed by atoms with E-state index in [0.29, 0.717) is 17.4 Å². The SMILES string of the molecule is COc1ccccc1C(=O)N1CC[C@@H](N2CCc3ccccc3C2)C1. The van der Waals surface area contributed by atoms with Crippen molar-refractivity contribution in [3.05, 3.63) is 65.2 Å². The van der Waals surface area contributed by atoms with Gasteiger partial charge in [0.1, 0.15) is 5.75 Å². The van der Waals surface area contributed by atoms with Crippen molar-refractivity contribution < 1.29 is 9.53 Å². The Morgan fingerprint density at radius 3 is 2.64 bits per heavy atom. The largest absolute Gasteiger partial charge is 0.496 e. The lowest BCUT2D eigenvalue weighted by Gasteiger charge is -2.33. The van der Waals surface area contributed by atoms with E-state index in [-0.39, 0.29) is 5.91 Å². The van der Waals surface area contributed by atoms with Crippen LogP contribution in [0.2, 0.25) is 0 Å². The average Bonchev–Trinajstić information content (AvgIpc) is 3.17. The van der Waals surface area contributed by atoms with Gasteiger partial charge < -0.3 is 9.64 Å². The maximum Gasteiger partial charge on any atom is 0.257 e. The van der Waals surface area contributed by atoms with Gasteiger partial charge in [0.2, 0.25) is 0 Å². The molecule has 2 aliphatic rings. The lowest BCUT2D eigenvalue weighted by Crippen LogP contribution is -2.41. The highest BCUT2D eigenvalue weighted by Gasteiger charge is 2.33. The molecule has 0 spiro atoms. The van der Waals surface area contributed by atoms with Gasteiger partial charge >= 0.3 is 0 Å². The summed E-state index contributed by atoms with van der Waals surface area (Å²) < 4.78 is 5.35. The summed E-state index contributed by atoms with van der Waals surface area (Å²) in [6, 6.07) is 16.7. The lowest BCUT2D eigenvalue weighted by atomic mass is 9.98. The fourth-order valence-corrected chi connectivity index (χ4v) is 4.05. The third kappa shape index (κ3) is 3.14. The zero-order valence-corrected chi connectivity index (χ0v) is 14.6. The van der Waals surface area contributed by atoms with E-state index < -0.39 is 0 Å². The zero-order chi connectivity index (χ0) is 17.2. The molecule has 1 fully saturated rings. The molecular formula is C21H24N2O2. The molecule has 25 heavy (non-hydrogen) atoms. The second kappa shape index (κ2) is 6.89. The summed E-state index contributed by atoms with van der Waals surface area (Å²) in [5, 5.41) is 0. The predicted octanol–water partition coefficient (Wildman–Crippen LogP) is 2.97. The van der Waals surface area contributed by atoms with Crippen LogP contribution < -0.4 is 4.74 Å². The van der Waals surface area contributed by atoms with Gasteiger partial charge in [0.15, 0.2) is 0 Å². The van der Waals surface area contributed by atoms with E-state index in [1.165, 1.54) is 11.1 Å². The van der Waals surface area contributed by atoms with Crippen molar-refractivity contribution in [1.82, 2.24) is 9.80 Å². The molecule has 4 rings (SSSR count). The number of fused-ring (bicyclic) bond motifs is 1. The highest BCUT2D eigenvalue weighted by molar-refractivity contribution is 5.97. The first-order valence-electron chi connectivity index (χ1n) is 8.99. The number of rotatable bonds is 3. The zero-order valence-electron chi connectivity index (χ0n) is 14.6. The van der Waals surface area contributed by atoms with Crippen LogP contribution in [0.25, 0.3) is 0 Å². The Morgan fingerprint density at radius 1 is 1.04 bits per heavy atom. The quantitative estimate of drug-likeness (QED) is 0.864. The van der Waals surface area contributed by atoms with E-state index in [0.717, 1.165) is 39.0 Å². The number of ether oxygens (including phenoxy) is 1. The van der Waals surface area contributed by atoms with Crippen molar-refractivity contribution in [2.24, 2.45) is 0 Å². The van der Waals surface area contributed by atoms with Crippen molar-refractivity contribution in [3.63, 3.8) is 0 Å². The average molecular weight is 336 g/mol. The predicted molar refractivity (Wildman–Crippen MR) is 97.9 cm³/mol. The number of methoxy groups -OCH3 is 1. The third-order valence-electron chi connectivity index (χ3n) is 5.46. The van der Waals surface area contributed by atoms with Gasteiger partial charge in [0, 0.05) is 32.2 Å². The number of carbonyl (C=O) groups excluding carboxylic acids is 1. The summed E-state index contributed by atoms with van der Waals surface area (Å²) in [6.07, 6.45) is 2.15. The fourth-order valence-electron chi connectivity index (χ4n) is 4.05. The number of para-hydroxylation sites is 1. The number of likely N-dealkylation sites (tertiary alicyclic amines) is 1. The summed E-state index contributed by atoms with van der Waals surface area (Å²) >= 11 is 0. The Labute approximate surface area is 149 Å². The Balaban J connectivity index is 1.44. The van der Waals surface area contributed by atoms with Gasteiger partial charge in [-0.2, -0.15) is 0 Å². The first-order valence-corrected chi connectivity index (χ1v) is 8.99. The van der Waals surface area contributed by atoms with Gasteiger partial charge in [0.05, 0.1) is 12.7 Å². The van der Waals surface area contributed by atoms with E-state index in [1.807, 2.05) is 29.2 Å². The van der Waals surface area contributed by atoms with Crippen molar-refractivity contribution in [2.75, 3.05) is 26.7 Å². The van der Waals surface area contributed by atoms with Crippen LogP contribution in [-0.2, 0) is 13.0 Å². The summed E-state index contributed by atoms with van der Waals surface area (Å²) in [4.78, 5) is 17.4. The minimum absolute atomic E-state index is 0.0809. The molecule has 4 nitrogen and oxygen atoms in total. The molecule has 0 aromatic heterocycles. The highest BCUT2D eigenvalue weighted by Crippen LogP contribution is 2.26. The van der Waals surface area contributed by atoms with Crippen LogP contribution in [0.5, 0.6) is 5.75 Å². The second-order valence-corrected chi connectivity index (χ2v) is 6.88. The summed E-state index contributed by atoms with van der Waals surface area (Å²) in [7, 11) is 1.62. The van der Waals surface area contributed by atoms with E-state index in [4.69, 9.17) is 4.74 Å². The Bertz CT molecular complexity index is 774. The number of amides is 1. The third-order valence-corrected chi connectivity index (χ3v) is 5.46. The Morgan fingerprint density at radius 2 is 1.80 bits per heavy atom. The minimum Gasteiger partial charge on any atom is -0.496 e. The molecule has 2 heterocycles. The van der Waals surface area contributed by atoms with Crippen LogP contribution in [0.3, 0.4) is 0 Å². The van der Waals surface area contributed by atoms with E-state index >= 15 is 0 Å². The molecular weight excluding hydrogens is 312 g/mol. The van der Waals surface area contributed by atoms with Crippen LogP contribution in [0, 0.1) is 0 Å². The minimum atomic E-state index is 0.0809. The fraction of sp³-hybridized carbons (Fsp3) is 0.381. The van der Waals surface area contributed by atoms with Crippen LogP contribution in [0.4, 0.5) is 0 Å². The molecule has 1 atom stereocenters. The van der Waals surface area contributed by atoms with Gasteiger partial charge in [-0.3, -0.25) is 9.69 Å². The van der Waals surface area contributed by atoms with Gasteiger partial charge in [0.25, 0.3) is 5.91 Å². The number of hydrogen-bond donors (Lipinski definition) is 0. The number of carbonyl (C=O) groups is 1. The summed E-state index contributed by atoms with van der Waals surface area (Å²) in [5.74, 6) is 0.736. The van der Waals surface area contributed by atoms with Crippen molar-refractivity contribution >= 4 is 5.91 Å². The lowest BCUT2D eigenvalue weighted by molar-refractivity contribution is 0.0770. The maximum absolute atomic E-state index is 12.9. The molecule has 0 N–H and O–H groups in total. The molecule has 4 heteroatoms. The Hall–Kier alpha value is -2.33. The van der Waals surface area contributed by atoms with Crippen molar-refractivity contribution in [2.45, 2.75) is 25.4 Å². The first-order chi connectivity index (χ1) is 12.3. The first kappa shape index (κ1) is 16.2. The van der Waals surface area contributed by atoms with Gasteiger partial charge in [-0.25, -0.2) is 0 Å². The molecule has 1 saturated heterocycles. The van der Waals surface area contributed by atoms with Gasteiger partial charge in [-0.15, -0.1) is 0 Å². The van der Waals surface area contributed by atoms with Gasteiger partial charge in [-0.1, -0.05) is 36.4 Å². The van der Waals surface area contributed by atoms with E-state index in [9.17, 15) is 4.79 Å². The normalized spacial score (nSPS) is 20.4. The molecule has 0 saturated carbocycles. The molecule has 0 unspecified atom stereocenters. The maximum atomic E-state index is 12.9. The smallest absolute Gasteiger partial charge is 0.257 e. The standard InChI is InChI=1S/C21H24N2O2/c1-25-20-9-5-4-8-19(20)21(24)23-13-11-18(15-23)22-12-10-16-6-2-3-7-17(16)14-22/h2-9,18H,10-15H2,1H3/t18-/m1/s1. The summed E-state index contributed by atoms with van der Waals surface area (Å²) in [5.41, 5.74) is 3.57. The van der Waals surface area contributed by atoms with Crippen LogP contribution in [-0.4, -0.2) is 48.5 Å². The monoisotopic (exact) mass is 336 g/mol.